The first-order valence-corrected chi connectivity index (χ1v) is 6.91. The van der Waals surface area contributed by atoms with Gasteiger partial charge in [-0.05, 0) is 49.9 Å². The van der Waals surface area contributed by atoms with E-state index in [9.17, 15) is 9.90 Å². The molecule has 1 aromatic carbocycles. The summed E-state index contributed by atoms with van der Waals surface area (Å²) < 4.78 is 1.05. The fraction of sp³-hybridized carbons (Fsp3) is 0.500. The monoisotopic (exact) mass is 311 g/mol. The van der Waals surface area contributed by atoms with E-state index in [1.807, 2.05) is 19.9 Å². The minimum atomic E-state index is -0.549. The van der Waals surface area contributed by atoms with E-state index < -0.39 is 5.54 Å². The first-order valence-electron chi connectivity index (χ1n) is 6.11. The van der Waals surface area contributed by atoms with Gasteiger partial charge in [0.15, 0.2) is 0 Å². The molecule has 0 aliphatic heterocycles. The summed E-state index contributed by atoms with van der Waals surface area (Å²) in [6.45, 7) is 3.59. The van der Waals surface area contributed by atoms with E-state index >= 15 is 0 Å². The van der Waals surface area contributed by atoms with Crippen LogP contribution in [0.25, 0.3) is 0 Å². The van der Waals surface area contributed by atoms with Crippen molar-refractivity contribution in [1.82, 2.24) is 5.32 Å². The number of benzene rings is 1. The summed E-state index contributed by atoms with van der Waals surface area (Å²) in [5, 5.41) is 12.1. The Hall–Kier alpha value is -0.870. The molecule has 0 heterocycles. The number of fused-ring (bicyclic) bond motifs is 1. The second-order valence-electron chi connectivity index (χ2n) is 5.55. The van der Waals surface area contributed by atoms with Crippen LogP contribution in [0, 0.1) is 5.92 Å². The highest BCUT2D eigenvalue weighted by Crippen LogP contribution is 2.29. The zero-order valence-corrected chi connectivity index (χ0v) is 12.3. The van der Waals surface area contributed by atoms with Gasteiger partial charge in [-0.1, -0.05) is 22.0 Å². The van der Waals surface area contributed by atoms with Crippen LogP contribution in [-0.4, -0.2) is 23.2 Å². The van der Waals surface area contributed by atoms with Crippen molar-refractivity contribution in [3.05, 3.63) is 33.8 Å². The van der Waals surface area contributed by atoms with Crippen LogP contribution < -0.4 is 5.32 Å². The topological polar surface area (TPSA) is 49.3 Å². The number of amides is 1. The van der Waals surface area contributed by atoms with Crippen molar-refractivity contribution in [1.29, 1.82) is 0 Å². The summed E-state index contributed by atoms with van der Waals surface area (Å²) in [7, 11) is 0. The average Bonchev–Trinajstić information content (AvgIpc) is 2.71. The van der Waals surface area contributed by atoms with Crippen molar-refractivity contribution in [2.75, 3.05) is 6.61 Å². The van der Waals surface area contributed by atoms with Gasteiger partial charge in [-0.25, -0.2) is 0 Å². The lowest BCUT2D eigenvalue weighted by atomic mass is 10.0. The molecular weight excluding hydrogens is 294 g/mol. The molecule has 3 nitrogen and oxygen atoms in total. The van der Waals surface area contributed by atoms with Crippen LogP contribution in [0.15, 0.2) is 22.7 Å². The second-order valence-corrected chi connectivity index (χ2v) is 6.47. The minimum Gasteiger partial charge on any atom is -0.394 e. The molecule has 4 heteroatoms. The molecule has 1 amide bonds. The fourth-order valence-corrected chi connectivity index (χ4v) is 2.66. The number of aliphatic hydroxyl groups excluding tert-OH is 1. The summed E-state index contributed by atoms with van der Waals surface area (Å²) in [6, 6.07) is 6.17. The number of halogens is 1. The molecule has 1 aliphatic rings. The highest BCUT2D eigenvalue weighted by molar-refractivity contribution is 9.10. The molecule has 0 fully saturated rings. The molecule has 1 aliphatic carbocycles. The van der Waals surface area contributed by atoms with E-state index in [4.69, 9.17) is 0 Å². The Morgan fingerprint density at radius 1 is 1.44 bits per heavy atom. The van der Waals surface area contributed by atoms with E-state index in [1.165, 1.54) is 11.1 Å². The van der Waals surface area contributed by atoms with Gasteiger partial charge in [0.2, 0.25) is 5.91 Å². The highest BCUT2D eigenvalue weighted by atomic mass is 79.9. The maximum atomic E-state index is 12.1. The molecule has 1 aromatic rings. The van der Waals surface area contributed by atoms with Gasteiger partial charge in [-0.15, -0.1) is 0 Å². The number of rotatable bonds is 3. The lowest BCUT2D eigenvalue weighted by Crippen LogP contribution is -2.48. The molecule has 0 spiro atoms. The Kier molecular flexibility index (Phi) is 3.78. The third-order valence-corrected chi connectivity index (χ3v) is 3.82. The van der Waals surface area contributed by atoms with Crippen LogP contribution in [0.3, 0.4) is 0 Å². The summed E-state index contributed by atoms with van der Waals surface area (Å²) >= 11 is 3.45. The number of carbonyl (C=O) groups excluding carboxylic acids is 1. The van der Waals surface area contributed by atoms with Gasteiger partial charge >= 0.3 is 0 Å². The van der Waals surface area contributed by atoms with Crippen LogP contribution in [-0.2, 0) is 17.6 Å². The number of aliphatic hydroxyl groups is 1. The van der Waals surface area contributed by atoms with Gasteiger partial charge in [0.1, 0.15) is 0 Å². The Bertz CT molecular complexity index is 471. The van der Waals surface area contributed by atoms with Gasteiger partial charge in [0.05, 0.1) is 12.1 Å². The third kappa shape index (κ3) is 2.93. The number of nitrogens with one attached hydrogen (secondary N) is 1. The molecule has 0 saturated heterocycles. The number of carbonyl (C=O) groups is 1. The molecule has 1 unspecified atom stereocenters. The summed E-state index contributed by atoms with van der Waals surface area (Å²) in [6.07, 6.45) is 1.57. The minimum absolute atomic E-state index is 0.0138. The first-order chi connectivity index (χ1) is 8.41. The molecule has 0 aromatic heterocycles. The average molecular weight is 312 g/mol. The summed E-state index contributed by atoms with van der Waals surface area (Å²) in [5.41, 5.74) is 1.94. The highest BCUT2D eigenvalue weighted by Gasteiger charge is 2.30. The normalized spacial score (nSPS) is 18.6. The molecule has 0 saturated carbocycles. The van der Waals surface area contributed by atoms with Crippen molar-refractivity contribution >= 4 is 21.8 Å². The van der Waals surface area contributed by atoms with Crippen molar-refractivity contribution in [3.8, 4) is 0 Å². The van der Waals surface area contributed by atoms with Gasteiger partial charge < -0.3 is 10.4 Å². The molecule has 2 rings (SSSR count). The smallest absolute Gasteiger partial charge is 0.224 e. The second kappa shape index (κ2) is 5.02. The number of hydrogen-bond acceptors (Lipinski definition) is 2. The van der Waals surface area contributed by atoms with Crippen LogP contribution in [0.5, 0.6) is 0 Å². The SMILES string of the molecule is CC(C)(CO)NC(=O)C1Cc2ccc(Br)cc2C1. The van der Waals surface area contributed by atoms with E-state index in [0.29, 0.717) is 0 Å². The van der Waals surface area contributed by atoms with Crippen molar-refractivity contribution in [3.63, 3.8) is 0 Å². The lowest BCUT2D eigenvalue weighted by Gasteiger charge is -2.25. The standard InChI is InChI=1S/C14H18BrNO2/c1-14(2,8-17)16-13(18)11-5-9-3-4-12(15)7-10(9)6-11/h3-4,7,11,17H,5-6,8H2,1-2H3,(H,16,18). The van der Waals surface area contributed by atoms with Gasteiger partial charge in [-0.2, -0.15) is 0 Å². The van der Waals surface area contributed by atoms with Crippen molar-refractivity contribution in [2.45, 2.75) is 32.2 Å². The Labute approximate surface area is 116 Å². The van der Waals surface area contributed by atoms with Crippen LogP contribution >= 0.6 is 15.9 Å². The molecule has 2 N–H and O–H groups in total. The van der Waals surface area contributed by atoms with E-state index in [0.717, 1.165) is 17.3 Å². The molecule has 0 radical (unpaired) electrons. The largest absolute Gasteiger partial charge is 0.394 e. The molecule has 0 bridgehead atoms. The summed E-state index contributed by atoms with van der Waals surface area (Å²) in [5.74, 6) is 0.0153. The quantitative estimate of drug-likeness (QED) is 0.897. The molecule has 1 atom stereocenters. The first kappa shape index (κ1) is 13.6. The predicted molar refractivity (Wildman–Crippen MR) is 74.3 cm³/mol. The van der Waals surface area contributed by atoms with Gasteiger partial charge in [-0.3, -0.25) is 4.79 Å². The Balaban J connectivity index is 2.05. The molecular formula is C14H18BrNO2. The van der Waals surface area contributed by atoms with Gasteiger partial charge in [0, 0.05) is 10.4 Å². The maximum absolute atomic E-state index is 12.1. The number of hydrogen-bond donors (Lipinski definition) is 2. The molecule has 98 valence electrons. The van der Waals surface area contributed by atoms with E-state index in [2.05, 4.69) is 33.4 Å². The van der Waals surface area contributed by atoms with Crippen LogP contribution in [0.1, 0.15) is 25.0 Å². The van der Waals surface area contributed by atoms with Gasteiger partial charge in [0.25, 0.3) is 0 Å². The lowest BCUT2D eigenvalue weighted by molar-refractivity contribution is -0.126. The Morgan fingerprint density at radius 3 is 2.78 bits per heavy atom. The van der Waals surface area contributed by atoms with Crippen molar-refractivity contribution in [2.24, 2.45) is 5.92 Å². The van der Waals surface area contributed by atoms with E-state index in [-0.39, 0.29) is 18.4 Å². The predicted octanol–water partition coefficient (Wildman–Crippen LogP) is 2.05. The van der Waals surface area contributed by atoms with E-state index in [1.54, 1.807) is 0 Å². The maximum Gasteiger partial charge on any atom is 0.224 e. The summed E-state index contributed by atoms with van der Waals surface area (Å²) in [4.78, 5) is 12.1. The Morgan fingerprint density at radius 2 is 2.11 bits per heavy atom. The zero-order chi connectivity index (χ0) is 13.3. The zero-order valence-electron chi connectivity index (χ0n) is 10.7. The van der Waals surface area contributed by atoms with Crippen molar-refractivity contribution < 1.29 is 9.90 Å². The third-order valence-electron chi connectivity index (χ3n) is 3.33. The van der Waals surface area contributed by atoms with Crippen LogP contribution in [0.2, 0.25) is 0 Å². The van der Waals surface area contributed by atoms with Crippen LogP contribution in [0.4, 0.5) is 0 Å². The fourth-order valence-electron chi connectivity index (χ4n) is 2.25. The molecule has 18 heavy (non-hydrogen) atoms.